The van der Waals surface area contributed by atoms with E-state index in [1.54, 1.807) is 30.3 Å². The topological polar surface area (TPSA) is 105 Å². The number of carbonyl (C=O) groups is 2. The van der Waals surface area contributed by atoms with Crippen LogP contribution in [0.15, 0.2) is 42.5 Å². The quantitative estimate of drug-likeness (QED) is 0.574. The van der Waals surface area contributed by atoms with Gasteiger partial charge in [-0.15, -0.1) is 0 Å². The molecule has 0 atom stereocenters. The van der Waals surface area contributed by atoms with Crippen molar-refractivity contribution in [1.82, 2.24) is 5.32 Å². The molecule has 0 unspecified atom stereocenters. The lowest BCUT2D eigenvalue weighted by Crippen LogP contribution is -2.30. The number of hydrogen-bond acceptors (Lipinski definition) is 5. The van der Waals surface area contributed by atoms with Gasteiger partial charge in [-0.2, -0.15) is 0 Å². The number of nitro benzene ring substituents is 1. The SMILES string of the molecule is CC(C)NC(=O)c1ccc(NC(=O)c2cc([N+](=O)[O-])ccc2N2CCCC2)cc1. The minimum Gasteiger partial charge on any atom is -0.371 e. The molecule has 1 fully saturated rings. The summed E-state index contributed by atoms with van der Waals surface area (Å²) in [6.45, 7) is 5.39. The van der Waals surface area contributed by atoms with Gasteiger partial charge in [0.1, 0.15) is 0 Å². The standard InChI is InChI=1S/C21H24N4O4/c1-14(2)22-20(26)15-5-7-16(8-6-15)23-21(27)18-13-17(25(28)29)9-10-19(18)24-11-3-4-12-24/h5-10,13-14H,3-4,11-12H2,1-2H3,(H,22,26)(H,23,27). The minimum absolute atomic E-state index is 0.0276. The highest BCUT2D eigenvalue weighted by molar-refractivity contribution is 6.08. The molecule has 1 aliphatic heterocycles. The molecule has 2 N–H and O–H groups in total. The lowest BCUT2D eigenvalue weighted by molar-refractivity contribution is -0.384. The van der Waals surface area contributed by atoms with Crippen molar-refractivity contribution in [3.05, 3.63) is 63.7 Å². The van der Waals surface area contributed by atoms with E-state index in [9.17, 15) is 19.7 Å². The number of carbonyl (C=O) groups excluding carboxylic acids is 2. The Morgan fingerprint density at radius 1 is 1.03 bits per heavy atom. The Balaban J connectivity index is 1.81. The summed E-state index contributed by atoms with van der Waals surface area (Å²) in [4.78, 5) is 37.7. The van der Waals surface area contributed by atoms with Crippen molar-refractivity contribution >= 4 is 28.9 Å². The van der Waals surface area contributed by atoms with Gasteiger partial charge < -0.3 is 15.5 Å². The Morgan fingerprint density at radius 3 is 2.28 bits per heavy atom. The minimum atomic E-state index is -0.507. The van der Waals surface area contributed by atoms with Gasteiger partial charge in [0.25, 0.3) is 17.5 Å². The second-order valence-electron chi connectivity index (χ2n) is 7.31. The van der Waals surface area contributed by atoms with Gasteiger partial charge in [0.2, 0.25) is 0 Å². The fraction of sp³-hybridized carbons (Fsp3) is 0.333. The molecule has 1 heterocycles. The highest BCUT2D eigenvalue weighted by atomic mass is 16.6. The molecule has 2 aromatic rings. The van der Waals surface area contributed by atoms with Crippen LogP contribution < -0.4 is 15.5 Å². The third kappa shape index (κ3) is 4.90. The first-order chi connectivity index (χ1) is 13.8. The molecule has 29 heavy (non-hydrogen) atoms. The predicted molar refractivity (Wildman–Crippen MR) is 112 cm³/mol. The van der Waals surface area contributed by atoms with Crippen molar-refractivity contribution in [2.24, 2.45) is 0 Å². The van der Waals surface area contributed by atoms with Crippen molar-refractivity contribution in [2.75, 3.05) is 23.3 Å². The molecule has 1 aliphatic rings. The van der Waals surface area contributed by atoms with Crippen LogP contribution in [0.25, 0.3) is 0 Å². The molecule has 1 saturated heterocycles. The molecule has 3 rings (SSSR count). The van der Waals surface area contributed by atoms with E-state index in [4.69, 9.17) is 0 Å². The third-order valence-electron chi connectivity index (χ3n) is 4.71. The number of nitrogens with one attached hydrogen (secondary N) is 2. The molecule has 0 saturated carbocycles. The number of hydrogen-bond donors (Lipinski definition) is 2. The number of non-ortho nitro benzene ring substituents is 1. The number of nitrogens with zero attached hydrogens (tertiary/aromatic N) is 2. The summed E-state index contributed by atoms with van der Waals surface area (Å²) in [7, 11) is 0. The van der Waals surface area contributed by atoms with Gasteiger partial charge in [0.05, 0.1) is 16.2 Å². The van der Waals surface area contributed by atoms with E-state index < -0.39 is 10.8 Å². The number of anilines is 2. The molecule has 2 amide bonds. The lowest BCUT2D eigenvalue weighted by Gasteiger charge is -2.21. The summed E-state index contributed by atoms with van der Waals surface area (Å²) in [5, 5.41) is 16.7. The molecule has 0 aliphatic carbocycles. The fourth-order valence-electron chi connectivity index (χ4n) is 3.30. The number of benzene rings is 2. The van der Waals surface area contributed by atoms with E-state index >= 15 is 0 Å². The fourth-order valence-corrected chi connectivity index (χ4v) is 3.30. The van der Waals surface area contributed by atoms with Crippen LogP contribution in [0.3, 0.4) is 0 Å². The van der Waals surface area contributed by atoms with E-state index in [1.807, 2.05) is 13.8 Å². The van der Waals surface area contributed by atoms with E-state index in [1.165, 1.54) is 12.1 Å². The third-order valence-corrected chi connectivity index (χ3v) is 4.71. The zero-order chi connectivity index (χ0) is 21.0. The van der Waals surface area contributed by atoms with Crippen molar-refractivity contribution in [3.8, 4) is 0 Å². The smallest absolute Gasteiger partial charge is 0.270 e. The monoisotopic (exact) mass is 396 g/mol. The van der Waals surface area contributed by atoms with Crippen LogP contribution in [-0.4, -0.2) is 35.9 Å². The first-order valence-corrected chi connectivity index (χ1v) is 9.61. The molecular weight excluding hydrogens is 372 g/mol. The van der Waals surface area contributed by atoms with E-state index in [0.29, 0.717) is 16.9 Å². The zero-order valence-electron chi connectivity index (χ0n) is 16.5. The van der Waals surface area contributed by atoms with Crippen molar-refractivity contribution in [3.63, 3.8) is 0 Å². The van der Waals surface area contributed by atoms with Gasteiger partial charge in [0, 0.05) is 42.5 Å². The maximum atomic E-state index is 12.9. The Morgan fingerprint density at radius 2 is 1.69 bits per heavy atom. The highest BCUT2D eigenvalue weighted by Crippen LogP contribution is 2.29. The Bertz CT molecular complexity index is 919. The summed E-state index contributed by atoms with van der Waals surface area (Å²) >= 11 is 0. The second kappa shape index (κ2) is 8.72. The van der Waals surface area contributed by atoms with Crippen molar-refractivity contribution in [1.29, 1.82) is 0 Å². The van der Waals surface area contributed by atoms with Crippen LogP contribution in [0.1, 0.15) is 47.4 Å². The summed E-state index contributed by atoms with van der Waals surface area (Å²) < 4.78 is 0. The Labute approximate surface area is 169 Å². The summed E-state index contributed by atoms with van der Waals surface area (Å²) in [5.74, 6) is -0.608. The van der Waals surface area contributed by atoms with Crippen LogP contribution in [0.2, 0.25) is 0 Å². The maximum Gasteiger partial charge on any atom is 0.270 e. The Hall–Kier alpha value is -3.42. The Kier molecular flexibility index (Phi) is 6.11. The zero-order valence-corrected chi connectivity index (χ0v) is 16.5. The summed E-state index contributed by atoms with van der Waals surface area (Å²) in [6, 6.07) is 10.9. The number of nitro groups is 1. The van der Waals surface area contributed by atoms with Gasteiger partial charge in [-0.25, -0.2) is 0 Å². The van der Waals surface area contributed by atoms with E-state index in [-0.39, 0.29) is 23.2 Å². The molecule has 0 aromatic heterocycles. The normalized spacial score (nSPS) is 13.4. The van der Waals surface area contributed by atoms with Crippen LogP contribution in [0.5, 0.6) is 0 Å². The van der Waals surface area contributed by atoms with Gasteiger partial charge in [0.15, 0.2) is 0 Å². The molecule has 2 aromatic carbocycles. The molecule has 8 heteroatoms. The second-order valence-corrected chi connectivity index (χ2v) is 7.31. The van der Waals surface area contributed by atoms with Crippen LogP contribution in [0.4, 0.5) is 17.1 Å². The summed E-state index contributed by atoms with van der Waals surface area (Å²) in [6.07, 6.45) is 2.05. The van der Waals surface area contributed by atoms with E-state index in [2.05, 4.69) is 15.5 Å². The highest BCUT2D eigenvalue weighted by Gasteiger charge is 2.22. The van der Waals surface area contributed by atoms with Crippen molar-refractivity contribution in [2.45, 2.75) is 32.7 Å². The average molecular weight is 396 g/mol. The molecule has 8 nitrogen and oxygen atoms in total. The van der Waals surface area contributed by atoms with Crippen LogP contribution in [0, 0.1) is 10.1 Å². The number of rotatable bonds is 6. The van der Waals surface area contributed by atoms with Crippen LogP contribution in [-0.2, 0) is 0 Å². The van der Waals surface area contributed by atoms with E-state index in [0.717, 1.165) is 25.9 Å². The largest absolute Gasteiger partial charge is 0.371 e. The van der Waals surface area contributed by atoms with Gasteiger partial charge in [-0.3, -0.25) is 19.7 Å². The molecule has 0 bridgehead atoms. The number of amides is 2. The maximum absolute atomic E-state index is 12.9. The molecular formula is C21H24N4O4. The first kappa shape index (κ1) is 20.3. The molecule has 0 radical (unpaired) electrons. The van der Waals surface area contributed by atoms with Gasteiger partial charge in [-0.1, -0.05) is 0 Å². The first-order valence-electron chi connectivity index (χ1n) is 9.61. The lowest BCUT2D eigenvalue weighted by atomic mass is 10.1. The van der Waals surface area contributed by atoms with Crippen molar-refractivity contribution < 1.29 is 14.5 Å². The summed E-state index contributed by atoms with van der Waals surface area (Å²) in [5.41, 5.74) is 1.83. The average Bonchev–Trinajstić information content (AvgIpc) is 3.22. The molecule has 0 spiro atoms. The van der Waals surface area contributed by atoms with Gasteiger partial charge in [-0.05, 0) is 57.0 Å². The predicted octanol–water partition coefficient (Wildman–Crippen LogP) is 3.59. The molecule has 152 valence electrons. The van der Waals surface area contributed by atoms with Gasteiger partial charge >= 0.3 is 0 Å². The van der Waals surface area contributed by atoms with Crippen LogP contribution >= 0.6 is 0 Å².